The number of nitrogens with one attached hydrogen (secondary N) is 1. The largest absolute Gasteiger partial charge is 0.374 e. The monoisotopic (exact) mass is 273 g/mol. The van der Waals surface area contributed by atoms with Crippen molar-refractivity contribution in [3.63, 3.8) is 0 Å². The third-order valence-corrected chi connectivity index (χ3v) is 4.72. The molecular formula is C17H27N3. The molecule has 2 aliphatic heterocycles. The molecule has 0 bridgehead atoms. The van der Waals surface area contributed by atoms with Crippen LogP contribution in [0.1, 0.15) is 30.9 Å². The van der Waals surface area contributed by atoms with Gasteiger partial charge in [0.05, 0.1) is 0 Å². The Hall–Kier alpha value is -1.06. The Morgan fingerprint density at radius 3 is 3.05 bits per heavy atom. The zero-order chi connectivity index (χ0) is 13.9. The van der Waals surface area contributed by atoms with Crippen molar-refractivity contribution >= 4 is 5.69 Å². The molecule has 3 nitrogen and oxygen atoms in total. The van der Waals surface area contributed by atoms with Crippen molar-refractivity contribution in [2.45, 2.75) is 38.8 Å². The van der Waals surface area contributed by atoms with Gasteiger partial charge in [-0.3, -0.25) is 4.90 Å². The van der Waals surface area contributed by atoms with Gasteiger partial charge in [-0.2, -0.15) is 0 Å². The molecule has 20 heavy (non-hydrogen) atoms. The normalized spacial score (nSPS) is 21.8. The van der Waals surface area contributed by atoms with Crippen LogP contribution in [-0.2, 0) is 13.0 Å². The average molecular weight is 273 g/mol. The molecule has 1 fully saturated rings. The van der Waals surface area contributed by atoms with Crippen molar-refractivity contribution in [1.82, 2.24) is 10.2 Å². The van der Waals surface area contributed by atoms with Crippen LogP contribution in [0.3, 0.4) is 0 Å². The molecule has 1 unspecified atom stereocenters. The SMILES string of the molecule is CCCN(Cc1ccc2c(c1)CCN2C)C1CCNC1. The Bertz CT molecular complexity index is 452. The predicted octanol–water partition coefficient (Wildman–Crippen LogP) is 2.25. The number of fused-ring (bicyclic) bond motifs is 1. The first-order valence-corrected chi connectivity index (χ1v) is 8.05. The van der Waals surface area contributed by atoms with Crippen molar-refractivity contribution in [3.05, 3.63) is 29.3 Å². The van der Waals surface area contributed by atoms with Gasteiger partial charge in [-0.05, 0) is 49.5 Å². The highest BCUT2D eigenvalue weighted by atomic mass is 15.2. The Morgan fingerprint density at radius 2 is 2.30 bits per heavy atom. The first kappa shape index (κ1) is 13.9. The van der Waals surface area contributed by atoms with Gasteiger partial charge < -0.3 is 10.2 Å². The van der Waals surface area contributed by atoms with E-state index in [0.717, 1.165) is 19.1 Å². The van der Waals surface area contributed by atoms with Crippen LogP contribution >= 0.6 is 0 Å². The van der Waals surface area contributed by atoms with Crippen LogP contribution in [0.25, 0.3) is 0 Å². The maximum absolute atomic E-state index is 3.50. The summed E-state index contributed by atoms with van der Waals surface area (Å²) >= 11 is 0. The number of nitrogens with zero attached hydrogens (tertiary/aromatic N) is 2. The summed E-state index contributed by atoms with van der Waals surface area (Å²) in [5, 5.41) is 3.50. The zero-order valence-corrected chi connectivity index (χ0v) is 12.9. The van der Waals surface area contributed by atoms with E-state index in [4.69, 9.17) is 0 Å². The van der Waals surface area contributed by atoms with Crippen molar-refractivity contribution in [3.8, 4) is 0 Å². The first-order valence-electron chi connectivity index (χ1n) is 8.05. The summed E-state index contributed by atoms with van der Waals surface area (Å²) in [5.74, 6) is 0. The molecule has 0 saturated carbocycles. The molecule has 1 aromatic carbocycles. The highest BCUT2D eigenvalue weighted by Crippen LogP contribution is 2.28. The second-order valence-electron chi connectivity index (χ2n) is 6.25. The van der Waals surface area contributed by atoms with Crippen LogP contribution in [0.2, 0.25) is 0 Å². The van der Waals surface area contributed by atoms with Crippen LogP contribution in [0, 0.1) is 0 Å². The van der Waals surface area contributed by atoms with Gasteiger partial charge in [0.15, 0.2) is 0 Å². The number of hydrogen-bond donors (Lipinski definition) is 1. The summed E-state index contributed by atoms with van der Waals surface area (Å²) in [6.07, 6.45) is 3.75. The number of benzene rings is 1. The topological polar surface area (TPSA) is 18.5 Å². The van der Waals surface area contributed by atoms with Crippen LogP contribution < -0.4 is 10.2 Å². The molecule has 1 N–H and O–H groups in total. The lowest BCUT2D eigenvalue weighted by atomic mass is 10.1. The van der Waals surface area contributed by atoms with E-state index >= 15 is 0 Å². The maximum Gasteiger partial charge on any atom is 0.0397 e. The number of hydrogen-bond acceptors (Lipinski definition) is 3. The van der Waals surface area contributed by atoms with Gasteiger partial charge in [0.2, 0.25) is 0 Å². The van der Waals surface area contributed by atoms with E-state index in [0.29, 0.717) is 0 Å². The van der Waals surface area contributed by atoms with Crippen LogP contribution in [-0.4, -0.2) is 44.2 Å². The quantitative estimate of drug-likeness (QED) is 0.888. The molecule has 0 amide bonds. The molecule has 110 valence electrons. The van der Waals surface area contributed by atoms with Gasteiger partial charge in [-0.1, -0.05) is 19.1 Å². The van der Waals surface area contributed by atoms with Gasteiger partial charge in [-0.15, -0.1) is 0 Å². The fraction of sp³-hybridized carbons (Fsp3) is 0.647. The molecule has 0 aromatic heterocycles. The second kappa shape index (κ2) is 6.15. The van der Waals surface area contributed by atoms with E-state index in [9.17, 15) is 0 Å². The molecule has 0 spiro atoms. The van der Waals surface area contributed by atoms with E-state index in [1.165, 1.54) is 55.7 Å². The van der Waals surface area contributed by atoms with Gasteiger partial charge >= 0.3 is 0 Å². The molecule has 1 atom stereocenters. The summed E-state index contributed by atoms with van der Waals surface area (Å²) < 4.78 is 0. The maximum atomic E-state index is 3.50. The molecule has 1 aromatic rings. The summed E-state index contributed by atoms with van der Waals surface area (Å²) in [5.41, 5.74) is 4.45. The molecule has 3 rings (SSSR count). The highest BCUT2D eigenvalue weighted by Gasteiger charge is 2.22. The lowest BCUT2D eigenvalue weighted by Crippen LogP contribution is -2.36. The van der Waals surface area contributed by atoms with Crippen molar-refractivity contribution < 1.29 is 0 Å². The van der Waals surface area contributed by atoms with E-state index in [1.54, 1.807) is 0 Å². The fourth-order valence-electron chi connectivity index (χ4n) is 3.58. The molecule has 0 radical (unpaired) electrons. The molecule has 3 heteroatoms. The minimum absolute atomic E-state index is 0.728. The lowest BCUT2D eigenvalue weighted by Gasteiger charge is -2.28. The van der Waals surface area contributed by atoms with E-state index in [1.807, 2.05) is 0 Å². The molecular weight excluding hydrogens is 246 g/mol. The predicted molar refractivity (Wildman–Crippen MR) is 85.4 cm³/mol. The van der Waals surface area contributed by atoms with Gasteiger partial charge in [0, 0.05) is 38.4 Å². The van der Waals surface area contributed by atoms with E-state index < -0.39 is 0 Å². The standard InChI is InChI=1S/C17H27N3/c1-3-9-20(16-6-8-18-12-16)13-14-4-5-17-15(11-14)7-10-19(17)2/h4-5,11,16,18H,3,6-10,12-13H2,1-2H3. The van der Waals surface area contributed by atoms with Crippen LogP contribution in [0.4, 0.5) is 5.69 Å². The Balaban J connectivity index is 1.71. The minimum atomic E-state index is 0.728. The number of likely N-dealkylation sites (N-methyl/N-ethyl adjacent to an activating group) is 1. The number of anilines is 1. The molecule has 2 aliphatic rings. The molecule has 0 aliphatic carbocycles. The Kier molecular flexibility index (Phi) is 4.27. The van der Waals surface area contributed by atoms with Gasteiger partial charge in [-0.25, -0.2) is 0 Å². The average Bonchev–Trinajstić information content (AvgIpc) is 3.09. The van der Waals surface area contributed by atoms with Crippen molar-refractivity contribution in [2.24, 2.45) is 0 Å². The smallest absolute Gasteiger partial charge is 0.0397 e. The fourth-order valence-corrected chi connectivity index (χ4v) is 3.58. The van der Waals surface area contributed by atoms with Gasteiger partial charge in [0.25, 0.3) is 0 Å². The third-order valence-electron chi connectivity index (χ3n) is 4.72. The zero-order valence-electron chi connectivity index (χ0n) is 12.9. The summed E-state index contributed by atoms with van der Waals surface area (Å²) in [6, 6.07) is 7.80. The van der Waals surface area contributed by atoms with Crippen LogP contribution in [0.5, 0.6) is 0 Å². The number of rotatable bonds is 5. The van der Waals surface area contributed by atoms with Gasteiger partial charge in [0.1, 0.15) is 0 Å². The molecule has 2 heterocycles. The minimum Gasteiger partial charge on any atom is -0.374 e. The first-order chi connectivity index (χ1) is 9.78. The van der Waals surface area contributed by atoms with Crippen LogP contribution in [0.15, 0.2) is 18.2 Å². The lowest BCUT2D eigenvalue weighted by molar-refractivity contribution is 0.199. The molecule has 1 saturated heterocycles. The third kappa shape index (κ3) is 2.84. The van der Waals surface area contributed by atoms with Crippen molar-refractivity contribution in [1.29, 1.82) is 0 Å². The summed E-state index contributed by atoms with van der Waals surface area (Å²) in [7, 11) is 2.19. The Labute approximate surface area is 123 Å². The summed E-state index contributed by atoms with van der Waals surface area (Å²) in [6.45, 7) is 8.12. The Morgan fingerprint density at radius 1 is 1.40 bits per heavy atom. The highest BCUT2D eigenvalue weighted by molar-refractivity contribution is 5.58. The second-order valence-corrected chi connectivity index (χ2v) is 6.25. The van der Waals surface area contributed by atoms with E-state index in [-0.39, 0.29) is 0 Å². The van der Waals surface area contributed by atoms with Crippen molar-refractivity contribution in [2.75, 3.05) is 38.1 Å². The summed E-state index contributed by atoms with van der Waals surface area (Å²) in [4.78, 5) is 5.03. The van der Waals surface area contributed by atoms with E-state index in [2.05, 4.69) is 47.3 Å².